The Labute approximate surface area is 96.6 Å². The van der Waals surface area contributed by atoms with Gasteiger partial charge in [0.2, 0.25) is 0 Å². The van der Waals surface area contributed by atoms with Crippen LogP contribution < -0.4 is 5.32 Å². The van der Waals surface area contributed by atoms with Crippen LogP contribution in [0.5, 0.6) is 0 Å². The third kappa shape index (κ3) is 4.70. The maximum absolute atomic E-state index is 13.4. The van der Waals surface area contributed by atoms with Gasteiger partial charge in [-0.25, -0.2) is 4.39 Å². The first kappa shape index (κ1) is 13.9. The molecule has 6 heteroatoms. The molecule has 96 valence electrons. The van der Waals surface area contributed by atoms with Crippen molar-refractivity contribution >= 4 is 0 Å². The lowest BCUT2D eigenvalue weighted by Crippen LogP contribution is -2.25. The number of likely N-dealkylation sites (N-methyl/N-ethyl adjacent to an activating group) is 1. The van der Waals surface area contributed by atoms with Gasteiger partial charge in [0.05, 0.1) is 6.10 Å². The first-order chi connectivity index (χ1) is 7.94. The summed E-state index contributed by atoms with van der Waals surface area (Å²) in [5.74, 6) is -0.574. The van der Waals surface area contributed by atoms with Crippen molar-refractivity contribution in [1.82, 2.24) is 5.32 Å². The second-order valence-corrected chi connectivity index (χ2v) is 3.49. The molecule has 0 fully saturated rings. The molecule has 0 saturated carbocycles. The van der Waals surface area contributed by atoms with Gasteiger partial charge in [0.15, 0.2) is 0 Å². The molecule has 0 radical (unpaired) electrons. The number of hydrogen-bond donors (Lipinski definition) is 1. The average molecular weight is 251 g/mol. The van der Waals surface area contributed by atoms with Gasteiger partial charge in [-0.15, -0.1) is 0 Å². The Morgan fingerprint density at radius 1 is 1.29 bits per heavy atom. The molecular weight excluding hydrogens is 238 g/mol. The van der Waals surface area contributed by atoms with E-state index in [1.807, 2.05) is 0 Å². The highest BCUT2D eigenvalue weighted by atomic mass is 19.4. The maximum atomic E-state index is 13.4. The third-order valence-corrected chi connectivity index (χ3v) is 2.09. The van der Waals surface area contributed by atoms with Crippen molar-refractivity contribution in [2.24, 2.45) is 0 Å². The predicted molar refractivity (Wildman–Crippen MR) is 55.1 cm³/mol. The van der Waals surface area contributed by atoms with Gasteiger partial charge in [-0.1, -0.05) is 18.2 Å². The second-order valence-electron chi connectivity index (χ2n) is 3.49. The predicted octanol–water partition coefficient (Wildman–Crippen LogP) is 2.67. The summed E-state index contributed by atoms with van der Waals surface area (Å²) in [6, 6.07) is 5.62. The Hall–Kier alpha value is -1.14. The molecule has 0 aliphatic heterocycles. The Kier molecular flexibility index (Phi) is 4.89. The normalized spacial score (nSPS) is 13.7. The molecule has 1 atom stereocenters. The van der Waals surface area contributed by atoms with Crippen LogP contribution in [-0.4, -0.2) is 26.4 Å². The monoisotopic (exact) mass is 251 g/mol. The number of halogens is 4. The highest BCUT2D eigenvalue weighted by Crippen LogP contribution is 2.23. The van der Waals surface area contributed by atoms with Crippen LogP contribution in [0.4, 0.5) is 17.6 Å². The Morgan fingerprint density at radius 2 is 1.94 bits per heavy atom. The zero-order valence-electron chi connectivity index (χ0n) is 9.22. The summed E-state index contributed by atoms with van der Waals surface area (Å²) in [5, 5.41) is 2.67. The molecule has 0 heterocycles. The molecule has 1 aromatic carbocycles. The van der Waals surface area contributed by atoms with Gasteiger partial charge in [0.25, 0.3) is 0 Å². The van der Waals surface area contributed by atoms with E-state index in [4.69, 9.17) is 0 Å². The number of benzene rings is 1. The average Bonchev–Trinajstić information content (AvgIpc) is 2.24. The van der Waals surface area contributed by atoms with Crippen molar-refractivity contribution in [1.29, 1.82) is 0 Å². The highest BCUT2D eigenvalue weighted by Gasteiger charge is 2.30. The lowest BCUT2D eigenvalue weighted by atomic mass is 10.1. The van der Waals surface area contributed by atoms with E-state index < -0.39 is 24.7 Å². The minimum absolute atomic E-state index is 0.108. The lowest BCUT2D eigenvalue weighted by molar-refractivity contribution is -0.185. The summed E-state index contributed by atoms with van der Waals surface area (Å²) in [4.78, 5) is 0. The fourth-order valence-electron chi connectivity index (χ4n) is 1.38. The molecule has 0 bridgehead atoms. The van der Waals surface area contributed by atoms with Gasteiger partial charge in [0.1, 0.15) is 12.4 Å². The Bertz CT molecular complexity index is 354. The molecule has 0 spiro atoms. The third-order valence-electron chi connectivity index (χ3n) is 2.09. The number of ether oxygens (including phenoxy) is 1. The summed E-state index contributed by atoms with van der Waals surface area (Å²) in [6.07, 6.45) is -5.38. The minimum atomic E-state index is -4.42. The molecule has 1 aromatic rings. The Morgan fingerprint density at radius 3 is 2.47 bits per heavy atom. The van der Waals surface area contributed by atoms with Crippen molar-refractivity contribution in [3.05, 3.63) is 35.6 Å². The quantitative estimate of drug-likeness (QED) is 0.812. The maximum Gasteiger partial charge on any atom is 0.411 e. The first-order valence-corrected chi connectivity index (χ1v) is 5.01. The number of rotatable bonds is 5. The van der Waals surface area contributed by atoms with Crippen molar-refractivity contribution in [3.63, 3.8) is 0 Å². The van der Waals surface area contributed by atoms with E-state index in [2.05, 4.69) is 10.1 Å². The zero-order valence-corrected chi connectivity index (χ0v) is 9.22. The number of alkyl halides is 3. The van der Waals surface area contributed by atoms with E-state index in [-0.39, 0.29) is 12.1 Å². The van der Waals surface area contributed by atoms with Crippen molar-refractivity contribution in [3.8, 4) is 0 Å². The fourth-order valence-corrected chi connectivity index (χ4v) is 1.38. The summed E-state index contributed by atoms with van der Waals surface area (Å²) >= 11 is 0. The molecule has 1 rings (SSSR count). The number of hydrogen-bond acceptors (Lipinski definition) is 2. The molecule has 1 unspecified atom stereocenters. The van der Waals surface area contributed by atoms with Crippen molar-refractivity contribution < 1.29 is 22.3 Å². The van der Waals surface area contributed by atoms with Crippen LogP contribution in [0.25, 0.3) is 0 Å². The van der Waals surface area contributed by atoms with E-state index in [1.54, 1.807) is 13.1 Å². The van der Waals surface area contributed by atoms with Crippen LogP contribution in [0.2, 0.25) is 0 Å². The summed E-state index contributed by atoms with van der Waals surface area (Å²) < 4.78 is 54.2. The van der Waals surface area contributed by atoms with Crippen molar-refractivity contribution in [2.75, 3.05) is 20.2 Å². The van der Waals surface area contributed by atoms with Crippen LogP contribution >= 0.6 is 0 Å². The smallest absolute Gasteiger partial charge is 0.363 e. The largest absolute Gasteiger partial charge is 0.411 e. The summed E-state index contributed by atoms with van der Waals surface area (Å²) in [5.41, 5.74) is 0.117. The number of nitrogens with one attached hydrogen (secondary N) is 1. The molecule has 17 heavy (non-hydrogen) atoms. The molecule has 0 saturated heterocycles. The first-order valence-electron chi connectivity index (χ1n) is 5.01. The Balaban J connectivity index is 2.75. The van der Waals surface area contributed by atoms with Crippen molar-refractivity contribution in [2.45, 2.75) is 12.3 Å². The summed E-state index contributed by atoms with van der Waals surface area (Å²) in [6.45, 7) is -1.29. The topological polar surface area (TPSA) is 21.3 Å². The van der Waals surface area contributed by atoms with Crippen LogP contribution in [0.3, 0.4) is 0 Å². The molecular formula is C11H13F4NO. The lowest BCUT2D eigenvalue weighted by Gasteiger charge is -2.19. The van der Waals surface area contributed by atoms with Crippen LogP contribution in [-0.2, 0) is 4.74 Å². The van der Waals surface area contributed by atoms with Gasteiger partial charge in [-0.05, 0) is 13.1 Å². The molecule has 0 aliphatic carbocycles. The zero-order chi connectivity index (χ0) is 12.9. The van der Waals surface area contributed by atoms with Gasteiger partial charge < -0.3 is 10.1 Å². The fraction of sp³-hybridized carbons (Fsp3) is 0.455. The van der Waals surface area contributed by atoms with E-state index in [0.29, 0.717) is 0 Å². The molecule has 2 nitrogen and oxygen atoms in total. The van der Waals surface area contributed by atoms with Gasteiger partial charge in [-0.2, -0.15) is 13.2 Å². The standard InChI is InChI=1S/C11H13F4NO/c1-16-6-10(17-7-11(13,14)15)8-4-2-3-5-9(8)12/h2-5,10,16H,6-7H2,1H3. The van der Waals surface area contributed by atoms with Crippen LogP contribution in [0, 0.1) is 5.82 Å². The van der Waals surface area contributed by atoms with Crippen LogP contribution in [0.1, 0.15) is 11.7 Å². The molecule has 0 aromatic heterocycles. The van der Waals surface area contributed by atoms with E-state index in [1.165, 1.54) is 18.2 Å². The van der Waals surface area contributed by atoms with E-state index >= 15 is 0 Å². The van der Waals surface area contributed by atoms with Gasteiger partial charge >= 0.3 is 6.18 Å². The molecule has 1 N–H and O–H groups in total. The SMILES string of the molecule is CNCC(OCC(F)(F)F)c1ccccc1F. The molecule has 0 amide bonds. The highest BCUT2D eigenvalue weighted by molar-refractivity contribution is 5.20. The summed E-state index contributed by atoms with van der Waals surface area (Å²) in [7, 11) is 1.56. The van der Waals surface area contributed by atoms with Crippen LogP contribution in [0.15, 0.2) is 24.3 Å². The van der Waals surface area contributed by atoms with Gasteiger partial charge in [0, 0.05) is 12.1 Å². The molecule has 0 aliphatic rings. The van der Waals surface area contributed by atoms with Gasteiger partial charge in [-0.3, -0.25) is 0 Å². The second kappa shape index (κ2) is 5.97. The van der Waals surface area contributed by atoms with E-state index in [0.717, 1.165) is 0 Å². The minimum Gasteiger partial charge on any atom is -0.363 e. The van der Waals surface area contributed by atoms with E-state index in [9.17, 15) is 17.6 Å².